The van der Waals surface area contributed by atoms with Crippen LogP contribution in [0.2, 0.25) is 0 Å². The second-order valence-electron chi connectivity index (χ2n) is 6.06. The first-order valence-corrected chi connectivity index (χ1v) is 6.41. The van der Waals surface area contributed by atoms with Gasteiger partial charge in [0.2, 0.25) is 0 Å². The lowest BCUT2D eigenvalue weighted by atomic mass is 9.99. The summed E-state index contributed by atoms with van der Waals surface area (Å²) in [6.45, 7) is 13.9. The van der Waals surface area contributed by atoms with Crippen molar-refractivity contribution >= 4 is 0 Å². The van der Waals surface area contributed by atoms with E-state index < -0.39 is 0 Å². The Morgan fingerprint density at radius 3 is 2.33 bits per heavy atom. The zero-order valence-corrected chi connectivity index (χ0v) is 11.1. The predicted molar refractivity (Wildman–Crippen MR) is 67.2 cm³/mol. The third-order valence-corrected chi connectivity index (χ3v) is 3.31. The summed E-state index contributed by atoms with van der Waals surface area (Å²) in [6.07, 6.45) is 4.10. The van der Waals surface area contributed by atoms with Crippen molar-refractivity contribution in [1.29, 1.82) is 0 Å². The molecule has 90 valence electrons. The van der Waals surface area contributed by atoms with Gasteiger partial charge in [-0.15, -0.1) is 0 Å². The summed E-state index contributed by atoms with van der Waals surface area (Å²) in [6, 6.07) is 1.34. The van der Waals surface area contributed by atoms with Gasteiger partial charge in [-0.05, 0) is 54.0 Å². The van der Waals surface area contributed by atoms with E-state index in [1.807, 2.05) is 0 Å². The van der Waals surface area contributed by atoms with Gasteiger partial charge in [-0.25, -0.2) is 0 Å². The Labute approximate surface area is 95.4 Å². The van der Waals surface area contributed by atoms with Crippen molar-refractivity contribution in [2.24, 2.45) is 0 Å². The third-order valence-electron chi connectivity index (χ3n) is 3.31. The molecule has 0 bridgehead atoms. The smallest absolute Gasteiger partial charge is 0.0195 e. The van der Waals surface area contributed by atoms with Crippen LogP contribution < -0.4 is 5.32 Å². The summed E-state index contributed by atoms with van der Waals surface area (Å²) >= 11 is 0. The Morgan fingerprint density at radius 2 is 1.93 bits per heavy atom. The average molecular weight is 212 g/mol. The van der Waals surface area contributed by atoms with Gasteiger partial charge < -0.3 is 5.32 Å². The molecule has 2 heteroatoms. The highest BCUT2D eigenvalue weighted by atomic mass is 15.2. The van der Waals surface area contributed by atoms with Crippen molar-refractivity contribution in [2.75, 3.05) is 13.1 Å². The van der Waals surface area contributed by atoms with Crippen molar-refractivity contribution < 1.29 is 0 Å². The summed E-state index contributed by atoms with van der Waals surface area (Å²) in [4.78, 5) is 2.61. The van der Waals surface area contributed by atoms with E-state index >= 15 is 0 Å². The van der Waals surface area contributed by atoms with Gasteiger partial charge in [0, 0.05) is 24.2 Å². The van der Waals surface area contributed by atoms with Crippen LogP contribution in [-0.2, 0) is 0 Å². The van der Waals surface area contributed by atoms with E-state index in [0.29, 0.717) is 12.1 Å². The molecule has 1 rings (SSSR count). The molecule has 0 radical (unpaired) electrons. The molecule has 1 unspecified atom stereocenters. The minimum absolute atomic E-state index is 0.285. The Balaban J connectivity index is 2.50. The standard InChI is InChI=1S/C13H28N2/c1-11(2)15(13(3,4)5)10-12-8-6-7-9-14-12/h11-12,14H,6-10H2,1-5H3. The van der Waals surface area contributed by atoms with Gasteiger partial charge in [0.05, 0.1) is 0 Å². The Morgan fingerprint density at radius 1 is 1.27 bits per heavy atom. The number of piperidine rings is 1. The van der Waals surface area contributed by atoms with Crippen LogP contribution in [0.3, 0.4) is 0 Å². The van der Waals surface area contributed by atoms with Gasteiger partial charge >= 0.3 is 0 Å². The van der Waals surface area contributed by atoms with E-state index in [1.165, 1.54) is 32.4 Å². The topological polar surface area (TPSA) is 15.3 Å². The fraction of sp³-hybridized carbons (Fsp3) is 1.00. The van der Waals surface area contributed by atoms with Gasteiger partial charge in [0.1, 0.15) is 0 Å². The highest BCUT2D eigenvalue weighted by molar-refractivity contribution is 4.84. The zero-order valence-electron chi connectivity index (χ0n) is 11.1. The molecular weight excluding hydrogens is 184 g/mol. The molecule has 1 N–H and O–H groups in total. The monoisotopic (exact) mass is 212 g/mol. The maximum atomic E-state index is 3.63. The molecule has 0 saturated carbocycles. The van der Waals surface area contributed by atoms with Crippen molar-refractivity contribution in [2.45, 2.75) is 71.5 Å². The fourth-order valence-electron chi connectivity index (χ4n) is 2.58. The molecule has 1 atom stereocenters. The molecule has 0 spiro atoms. The fourth-order valence-corrected chi connectivity index (χ4v) is 2.58. The minimum atomic E-state index is 0.285. The van der Waals surface area contributed by atoms with Crippen LogP contribution in [0, 0.1) is 0 Å². The molecule has 1 heterocycles. The SMILES string of the molecule is CC(C)N(CC1CCCCN1)C(C)(C)C. The first kappa shape index (κ1) is 13.0. The molecule has 0 aromatic heterocycles. The lowest BCUT2D eigenvalue weighted by Crippen LogP contribution is -2.53. The Hall–Kier alpha value is -0.0800. The van der Waals surface area contributed by atoms with E-state index in [0.717, 1.165) is 0 Å². The maximum Gasteiger partial charge on any atom is 0.0195 e. The van der Waals surface area contributed by atoms with Crippen molar-refractivity contribution in [1.82, 2.24) is 10.2 Å². The van der Waals surface area contributed by atoms with Crippen LogP contribution in [0.5, 0.6) is 0 Å². The van der Waals surface area contributed by atoms with Gasteiger partial charge in [0.15, 0.2) is 0 Å². The molecule has 1 fully saturated rings. The molecular formula is C13H28N2. The second-order valence-corrected chi connectivity index (χ2v) is 6.06. The van der Waals surface area contributed by atoms with Crippen molar-refractivity contribution in [3.8, 4) is 0 Å². The van der Waals surface area contributed by atoms with Crippen LogP contribution in [0.15, 0.2) is 0 Å². The summed E-state index contributed by atoms with van der Waals surface area (Å²) in [5.74, 6) is 0. The van der Waals surface area contributed by atoms with E-state index in [2.05, 4.69) is 44.8 Å². The highest BCUT2D eigenvalue weighted by Crippen LogP contribution is 2.19. The first-order valence-electron chi connectivity index (χ1n) is 6.41. The molecule has 0 aliphatic carbocycles. The van der Waals surface area contributed by atoms with Gasteiger partial charge in [-0.1, -0.05) is 6.42 Å². The molecule has 2 nitrogen and oxygen atoms in total. The average Bonchev–Trinajstić information content (AvgIpc) is 2.13. The molecule has 1 saturated heterocycles. The number of hydrogen-bond acceptors (Lipinski definition) is 2. The van der Waals surface area contributed by atoms with Gasteiger partial charge in [-0.3, -0.25) is 4.90 Å². The second kappa shape index (κ2) is 5.31. The number of rotatable bonds is 3. The first-order chi connectivity index (χ1) is 6.91. The van der Waals surface area contributed by atoms with E-state index in [4.69, 9.17) is 0 Å². The van der Waals surface area contributed by atoms with Crippen LogP contribution >= 0.6 is 0 Å². The third kappa shape index (κ3) is 4.12. The van der Waals surface area contributed by atoms with Gasteiger partial charge in [0.25, 0.3) is 0 Å². The molecule has 15 heavy (non-hydrogen) atoms. The van der Waals surface area contributed by atoms with Crippen molar-refractivity contribution in [3.63, 3.8) is 0 Å². The molecule has 0 aromatic carbocycles. The molecule has 0 amide bonds. The molecule has 0 aromatic rings. The Kier molecular flexibility index (Phi) is 4.60. The Bertz CT molecular complexity index is 175. The normalized spacial score (nSPS) is 23.8. The quantitative estimate of drug-likeness (QED) is 0.773. The largest absolute Gasteiger partial charge is 0.313 e. The number of hydrogen-bond donors (Lipinski definition) is 1. The summed E-state index contributed by atoms with van der Waals surface area (Å²) in [7, 11) is 0. The van der Waals surface area contributed by atoms with Crippen molar-refractivity contribution in [3.05, 3.63) is 0 Å². The van der Waals surface area contributed by atoms with E-state index in [-0.39, 0.29) is 5.54 Å². The summed E-state index contributed by atoms with van der Waals surface area (Å²) in [5.41, 5.74) is 0.285. The zero-order chi connectivity index (χ0) is 11.5. The van der Waals surface area contributed by atoms with Crippen LogP contribution in [0.25, 0.3) is 0 Å². The predicted octanol–water partition coefficient (Wildman–Crippen LogP) is 2.64. The summed E-state index contributed by atoms with van der Waals surface area (Å²) in [5, 5.41) is 3.63. The number of nitrogens with zero attached hydrogens (tertiary/aromatic N) is 1. The van der Waals surface area contributed by atoms with Crippen LogP contribution in [0.4, 0.5) is 0 Å². The summed E-state index contributed by atoms with van der Waals surface area (Å²) < 4.78 is 0. The van der Waals surface area contributed by atoms with Crippen LogP contribution in [-0.4, -0.2) is 35.6 Å². The molecule has 1 aliphatic rings. The maximum absolute atomic E-state index is 3.63. The highest BCUT2D eigenvalue weighted by Gasteiger charge is 2.27. The van der Waals surface area contributed by atoms with E-state index in [1.54, 1.807) is 0 Å². The lowest BCUT2D eigenvalue weighted by Gasteiger charge is -2.42. The minimum Gasteiger partial charge on any atom is -0.313 e. The number of nitrogens with one attached hydrogen (secondary N) is 1. The molecule has 1 aliphatic heterocycles. The van der Waals surface area contributed by atoms with Crippen LogP contribution in [0.1, 0.15) is 53.9 Å². The van der Waals surface area contributed by atoms with E-state index in [9.17, 15) is 0 Å². The van der Waals surface area contributed by atoms with Gasteiger partial charge in [-0.2, -0.15) is 0 Å². The lowest BCUT2D eigenvalue weighted by molar-refractivity contribution is 0.0811.